The van der Waals surface area contributed by atoms with Gasteiger partial charge in [0.2, 0.25) is 0 Å². The molecule has 0 aromatic heterocycles. The number of hydrogen-bond donors (Lipinski definition) is 0. The summed E-state index contributed by atoms with van der Waals surface area (Å²) in [4.78, 5) is 14.2. The molecule has 0 saturated carbocycles. The van der Waals surface area contributed by atoms with E-state index < -0.39 is 0 Å². The first kappa shape index (κ1) is 15.1. The zero-order valence-electron chi connectivity index (χ0n) is 13.0. The fourth-order valence-electron chi connectivity index (χ4n) is 2.27. The lowest BCUT2D eigenvalue weighted by molar-refractivity contribution is 0.0785. The standard InChI is InChI=1S/C18H21NO2/c1-13-5-7-15(8-6-13)12-19(3)18(20)16-9-10-17(21-4)14(2)11-16/h5-11H,12H2,1-4H3. The van der Waals surface area contributed by atoms with Crippen LogP contribution >= 0.6 is 0 Å². The molecular weight excluding hydrogens is 262 g/mol. The molecule has 0 saturated heterocycles. The Morgan fingerprint density at radius 3 is 2.33 bits per heavy atom. The molecule has 3 heteroatoms. The highest BCUT2D eigenvalue weighted by molar-refractivity contribution is 5.94. The molecule has 0 aliphatic rings. The SMILES string of the molecule is COc1ccc(C(=O)N(C)Cc2ccc(C)cc2)cc1C. The van der Waals surface area contributed by atoms with Crippen molar-refractivity contribution in [3.05, 3.63) is 64.7 Å². The van der Waals surface area contributed by atoms with Gasteiger partial charge in [0.15, 0.2) is 0 Å². The molecule has 1 amide bonds. The Morgan fingerprint density at radius 2 is 1.76 bits per heavy atom. The zero-order valence-corrected chi connectivity index (χ0v) is 13.0. The number of hydrogen-bond acceptors (Lipinski definition) is 2. The highest BCUT2D eigenvalue weighted by Gasteiger charge is 2.13. The highest BCUT2D eigenvalue weighted by Crippen LogP contribution is 2.19. The van der Waals surface area contributed by atoms with Crippen LogP contribution in [0.1, 0.15) is 27.0 Å². The minimum atomic E-state index is 0.0151. The zero-order chi connectivity index (χ0) is 15.4. The van der Waals surface area contributed by atoms with Crippen LogP contribution in [-0.4, -0.2) is 25.0 Å². The normalized spacial score (nSPS) is 10.3. The van der Waals surface area contributed by atoms with E-state index in [1.165, 1.54) is 5.56 Å². The molecule has 2 aromatic rings. The molecule has 3 nitrogen and oxygen atoms in total. The molecule has 2 rings (SSSR count). The van der Waals surface area contributed by atoms with E-state index in [1.807, 2.05) is 26.1 Å². The smallest absolute Gasteiger partial charge is 0.253 e. The van der Waals surface area contributed by atoms with Crippen LogP contribution in [0.5, 0.6) is 5.75 Å². The Morgan fingerprint density at radius 1 is 1.10 bits per heavy atom. The fraction of sp³-hybridized carbons (Fsp3) is 0.278. The summed E-state index contributed by atoms with van der Waals surface area (Å²) < 4.78 is 5.22. The molecule has 21 heavy (non-hydrogen) atoms. The van der Waals surface area contributed by atoms with Gasteiger partial charge in [0.1, 0.15) is 5.75 Å². The molecule has 110 valence electrons. The van der Waals surface area contributed by atoms with Crippen LogP contribution in [0.4, 0.5) is 0 Å². The van der Waals surface area contributed by atoms with Crippen molar-refractivity contribution in [1.82, 2.24) is 4.90 Å². The van der Waals surface area contributed by atoms with E-state index >= 15 is 0 Å². The molecule has 0 aliphatic heterocycles. The Hall–Kier alpha value is -2.29. The van der Waals surface area contributed by atoms with Gasteiger partial charge in [0.25, 0.3) is 5.91 Å². The van der Waals surface area contributed by atoms with Crippen LogP contribution in [0.15, 0.2) is 42.5 Å². The van der Waals surface area contributed by atoms with Gasteiger partial charge in [-0.25, -0.2) is 0 Å². The Bertz CT molecular complexity index is 632. The van der Waals surface area contributed by atoms with Crippen molar-refractivity contribution in [2.75, 3.05) is 14.2 Å². The van der Waals surface area contributed by atoms with Crippen LogP contribution in [0.25, 0.3) is 0 Å². The van der Waals surface area contributed by atoms with Crippen molar-refractivity contribution in [3.8, 4) is 5.75 Å². The van der Waals surface area contributed by atoms with Gasteiger partial charge in [-0.2, -0.15) is 0 Å². The lowest BCUT2D eigenvalue weighted by atomic mass is 10.1. The second-order valence-corrected chi connectivity index (χ2v) is 5.33. The second-order valence-electron chi connectivity index (χ2n) is 5.33. The summed E-state index contributed by atoms with van der Waals surface area (Å²) in [5.74, 6) is 0.814. The summed E-state index contributed by atoms with van der Waals surface area (Å²) in [6, 6.07) is 13.7. The third kappa shape index (κ3) is 3.63. The Balaban J connectivity index is 2.11. The van der Waals surface area contributed by atoms with Gasteiger partial charge >= 0.3 is 0 Å². The van der Waals surface area contributed by atoms with Crippen molar-refractivity contribution in [2.45, 2.75) is 20.4 Å². The third-order valence-electron chi connectivity index (χ3n) is 3.53. The van der Waals surface area contributed by atoms with Crippen molar-refractivity contribution in [3.63, 3.8) is 0 Å². The van der Waals surface area contributed by atoms with Gasteiger partial charge in [-0.15, -0.1) is 0 Å². The minimum absolute atomic E-state index is 0.0151. The molecule has 0 bridgehead atoms. The average Bonchev–Trinajstić information content (AvgIpc) is 2.48. The van der Waals surface area contributed by atoms with Gasteiger partial charge < -0.3 is 9.64 Å². The Kier molecular flexibility index (Phi) is 4.63. The number of carbonyl (C=O) groups is 1. The van der Waals surface area contributed by atoms with E-state index in [-0.39, 0.29) is 5.91 Å². The molecular formula is C18H21NO2. The predicted octanol–water partition coefficient (Wildman–Crippen LogP) is 3.58. The summed E-state index contributed by atoms with van der Waals surface area (Å²) in [6.45, 7) is 4.60. The lowest BCUT2D eigenvalue weighted by Gasteiger charge is -2.18. The van der Waals surface area contributed by atoms with Gasteiger partial charge in [-0.3, -0.25) is 4.79 Å². The number of carbonyl (C=O) groups excluding carboxylic acids is 1. The maximum absolute atomic E-state index is 12.5. The van der Waals surface area contributed by atoms with Gasteiger partial charge in [0.05, 0.1) is 7.11 Å². The van der Waals surface area contributed by atoms with Crippen molar-refractivity contribution in [1.29, 1.82) is 0 Å². The highest BCUT2D eigenvalue weighted by atomic mass is 16.5. The number of methoxy groups -OCH3 is 1. The van der Waals surface area contributed by atoms with Crippen LogP contribution in [0.2, 0.25) is 0 Å². The van der Waals surface area contributed by atoms with Crippen molar-refractivity contribution < 1.29 is 9.53 Å². The maximum atomic E-state index is 12.5. The van der Waals surface area contributed by atoms with Gasteiger partial charge in [-0.05, 0) is 43.2 Å². The fourth-order valence-corrected chi connectivity index (χ4v) is 2.27. The largest absolute Gasteiger partial charge is 0.496 e. The molecule has 0 fully saturated rings. The van der Waals surface area contributed by atoms with E-state index in [2.05, 4.69) is 31.2 Å². The molecule has 0 unspecified atom stereocenters. The molecule has 0 aliphatic carbocycles. The summed E-state index contributed by atoms with van der Waals surface area (Å²) in [7, 11) is 3.45. The van der Waals surface area contributed by atoms with Crippen molar-refractivity contribution >= 4 is 5.91 Å². The van der Waals surface area contributed by atoms with E-state index in [0.717, 1.165) is 16.9 Å². The predicted molar refractivity (Wildman–Crippen MR) is 84.7 cm³/mol. The minimum Gasteiger partial charge on any atom is -0.496 e. The van der Waals surface area contributed by atoms with E-state index in [1.54, 1.807) is 18.1 Å². The van der Waals surface area contributed by atoms with Gasteiger partial charge in [0, 0.05) is 19.2 Å². The Labute approximate surface area is 126 Å². The molecule has 0 atom stereocenters. The lowest BCUT2D eigenvalue weighted by Crippen LogP contribution is -2.26. The number of nitrogens with zero attached hydrogens (tertiary/aromatic N) is 1. The first-order valence-electron chi connectivity index (χ1n) is 6.97. The first-order valence-corrected chi connectivity index (χ1v) is 6.97. The summed E-state index contributed by atoms with van der Waals surface area (Å²) in [6.07, 6.45) is 0. The molecule has 0 radical (unpaired) electrons. The van der Waals surface area contributed by atoms with Crippen LogP contribution < -0.4 is 4.74 Å². The molecule has 2 aromatic carbocycles. The van der Waals surface area contributed by atoms with Crippen LogP contribution in [-0.2, 0) is 6.54 Å². The van der Waals surface area contributed by atoms with E-state index in [0.29, 0.717) is 12.1 Å². The van der Waals surface area contributed by atoms with Crippen LogP contribution in [0.3, 0.4) is 0 Å². The summed E-state index contributed by atoms with van der Waals surface area (Å²) >= 11 is 0. The summed E-state index contributed by atoms with van der Waals surface area (Å²) in [5.41, 5.74) is 4.00. The average molecular weight is 283 g/mol. The topological polar surface area (TPSA) is 29.5 Å². The molecule has 0 heterocycles. The van der Waals surface area contributed by atoms with E-state index in [4.69, 9.17) is 4.74 Å². The van der Waals surface area contributed by atoms with Crippen molar-refractivity contribution in [2.24, 2.45) is 0 Å². The number of ether oxygens (including phenoxy) is 1. The number of aryl methyl sites for hydroxylation is 2. The second kappa shape index (κ2) is 6.44. The van der Waals surface area contributed by atoms with Crippen LogP contribution in [0, 0.1) is 13.8 Å². The molecule has 0 N–H and O–H groups in total. The first-order chi connectivity index (χ1) is 10.0. The maximum Gasteiger partial charge on any atom is 0.253 e. The third-order valence-corrected chi connectivity index (χ3v) is 3.53. The monoisotopic (exact) mass is 283 g/mol. The quantitative estimate of drug-likeness (QED) is 0.858. The molecule has 0 spiro atoms. The number of benzene rings is 2. The summed E-state index contributed by atoms with van der Waals surface area (Å²) in [5, 5.41) is 0. The number of rotatable bonds is 4. The van der Waals surface area contributed by atoms with Gasteiger partial charge in [-0.1, -0.05) is 29.8 Å². The number of amides is 1. The van der Waals surface area contributed by atoms with E-state index in [9.17, 15) is 4.79 Å².